The van der Waals surface area contributed by atoms with Crippen molar-refractivity contribution in [3.8, 4) is 0 Å². The Morgan fingerprint density at radius 1 is 1.63 bits per heavy atom. The van der Waals surface area contributed by atoms with E-state index < -0.39 is 9.84 Å². The van der Waals surface area contributed by atoms with Crippen LogP contribution in [0, 0.1) is 5.41 Å². The lowest BCUT2D eigenvalue weighted by molar-refractivity contribution is 0.218. The summed E-state index contributed by atoms with van der Waals surface area (Å²) in [5, 5.41) is 7.51. The number of nitrogens with two attached hydrogens (primary N) is 1. The first-order valence-electron chi connectivity index (χ1n) is 6.12. The zero-order chi connectivity index (χ0) is 14.0. The summed E-state index contributed by atoms with van der Waals surface area (Å²) in [4.78, 5) is 6.19. The first-order valence-corrected chi connectivity index (χ1v) is 7.94. The Bertz CT molecular complexity index is 585. The number of rotatable bonds is 3. The largest absolute Gasteiger partial charge is 0.382 e. The molecule has 1 saturated heterocycles. The summed E-state index contributed by atoms with van der Waals surface area (Å²) >= 11 is 0. The van der Waals surface area contributed by atoms with Crippen LogP contribution in [0.4, 0.5) is 0 Å². The predicted molar refractivity (Wildman–Crippen MR) is 73.8 cm³/mol. The molecule has 2 rings (SSSR count). The van der Waals surface area contributed by atoms with Gasteiger partial charge in [0, 0.05) is 25.3 Å². The minimum Gasteiger partial charge on any atom is -0.382 e. The summed E-state index contributed by atoms with van der Waals surface area (Å²) in [6, 6.07) is 3.64. The van der Waals surface area contributed by atoms with E-state index in [1.165, 1.54) is 0 Å². The maximum Gasteiger partial charge on any atom is 0.153 e. The minimum atomic E-state index is -2.91. The molecule has 104 valence electrons. The number of nitrogens with one attached hydrogen (secondary N) is 1. The molecule has 6 nitrogen and oxygen atoms in total. The van der Waals surface area contributed by atoms with Gasteiger partial charge >= 0.3 is 0 Å². The van der Waals surface area contributed by atoms with E-state index in [4.69, 9.17) is 11.1 Å². The highest BCUT2D eigenvalue weighted by Crippen LogP contribution is 2.16. The average Bonchev–Trinajstić information content (AvgIpc) is 2.32. The number of nitrogens with zero attached hydrogens (tertiary/aromatic N) is 2. The van der Waals surface area contributed by atoms with E-state index in [1.54, 1.807) is 12.3 Å². The average molecular weight is 282 g/mol. The van der Waals surface area contributed by atoms with Gasteiger partial charge in [-0.3, -0.25) is 15.3 Å². The second-order valence-electron chi connectivity index (χ2n) is 4.86. The zero-order valence-electron chi connectivity index (χ0n) is 10.8. The van der Waals surface area contributed by atoms with Crippen molar-refractivity contribution in [1.82, 2.24) is 9.88 Å². The highest BCUT2D eigenvalue weighted by molar-refractivity contribution is 7.91. The molecule has 0 saturated carbocycles. The van der Waals surface area contributed by atoms with Gasteiger partial charge in [-0.05, 0) is 18.6 Å². The van der Waals surface area contributed by atoms with E-state index in [-0.39, 0.29) is 23.4 Å². The van der Waals surface area contributed by atoms with Crippen LogP contribution in [-0.2, 0) is 16.4 Å². The molecule has 0 bridgehead atoms. The van der Waals surface area contributed by atoms with Crippen molar-refractivity contribution in [2.24, 2.45) is 5.73 Å². The quantitative estimate of drug-likeness (QED) is 0.599. The molecule has 3 N–H and O–H groups in total. The molecule has 0 aromatic carbocycles. The van der Waals surface area contributed by atoms with E-state index >= 15 is 0 Å². The van der Waals surface area contributed by atoms with Gasteiger partial charge in [-0.25, -0.2) is 8.42 Å². The highest BCUT2D eigenvalue weighted by atomic mass is 32.2. The van der Waals surface area contributed by atoms with Gasteiger partial charge in [0.15, 0.2) is 9.84 Å². The minimum absolute atomic E-state index is 0.0289. The molecular formula is C12H18N4O2S. The molecule has 2 heterocycles. The SMILES string of the molecule is CC1CS(=O)(=O)CCN1Cc1cccnc1C(=N)N. The molecule has 19 heavy (non-hydrogen) atoms. The summed E-state index contributed by atoms with van der Waals surface area (Å²) in [6.07, 6.45) is 1.60. The van der Waals surface area contributed by atoms with Gasteiger partial charge in [-0.2, -0.15) is 0 Å². The van der Waals surface area contributed by atoms with Crippen molar-refractivity contribution in [1.29, 1.82) is 5.41 Å². The first kappa shape index (κ1) is 14.0. The number of sulfone groups is 1. The summed E-state index contributed by atoms with van der Waals surface area (Å²) in [7, 11) is -2.91. The molecule has 7 heteroatoms. The first-order chi connectivity index (χ1) is 8.89. The van der Waals surface area contributed by atoms with E-state index in [9.17, 15) is 8.42 Å². The fourth-order valence-corrected chi connectivity index (χ4v) is 3.92. The Hall–Kier alpha value is -1.47. The van der Waals surface area contributed by atoms with Crippen LogP contribution in [0.2, 0.25) is 0 Å². The zero-order valence-corrected chi connectivity index (χ0v) is 11.7. The summed E-state index contributed by atoms with van der Waals surface area (Å²) < 4.78 is 23.1. The van der Waals surface area contributed by atoms with Gasteiger partial charge < -0.3 is 5.73 Å². The molecule has 1 fully saturated rings. The van der Waals surface area contributed by atoms with Crippen LogP contribution in [-0.4, -0.2) is 48.2 Å². The third-order valence-electron chi connectivity index (χ3n) is 3.33. The number of hydrogen-bond donors (Lipinski definition) is 2. The lowest BCUT2D eigenvalue weighted by atomic mass is 10.1. The van der Waals surface area contributed by atoms with Crippen molar-refractivity contribution in [3.63, 3.8) is 0 Å². The molecule has 1 unspecified atom stereocenters. The molecule has 1 aromatic rings. The van der Waals surface area contributed by atoms with Crippen LogP contribution < -0.4 is 5.73 Å². The van der Waals surface area contributed by atoms with Gasteiger partial charge in [0.1, 0.15) is 11.5 Å². The van der Waals surface area contributed by atoms with Crippen LogP contribution in [0.15, 0.2) is 18.3 Å². The van der Waals surface area contributed by atoms with Crippen LogP contribution in [0.1, 0.15) is 18.2 Å². The monoisotopic (exact) mass is 282 g/mol. The normalized spacial score (nSPS) is 23.1. The molecule has 1 aromatic heterocycles. The fraction of sp³-hybridized carbons (Fsp3) is 0.500. The maximum atomic E-state index is 11.5. The molecule has 0 amide bonds. The molecule has 0 aliphatic carbocycles. The van der Waals surface area contributed by atoms with Gasteiger partial charge in [0.05, 0.1) is 11.5 Å². The van der Waals surface area contributed by atoms with Crippen LogP contribution in [0.25, 0.3) is 0 Å². The van der Waals surface area contributed by atoms with Crippen LogP contribution in [0.5, 0.6) is 0 Å². The Morgan fingerprint density at radius 3 is 3.00 bits per heavy atom. The second-order valence-corrected chi connectivity index (χ2v) is 7.09. The van der Waals surface area contributed by atoms with Crippen molar-refractivity contribution in [3.05, 3.63) is 29.6 Å². The van der Waals surface area contributed by atoms with E-state index in [2.05, 4.69) is 9.88 Å². The maximum absolute atomic E-state index is 11.5. The summed E-state index contributed by atoms with van der Waals surface area (Å²) in [5.74, 6) is 0.309. The molecule has 0 spiro atoms. The Balaban J connectivity index is 2.16. The Kier molecular flexibility index (Phi) is 3.86. The summed E-state index contributed by atoms with van der Waals surface area (Å²) in [6.45, 7) is 2.98. The molecule has 0 radical (unpaired) electrons. The Morgan fingerprint density at radius 2 is 2.37 bits per heavy atom. The van der Waals surface area contributed by atoms with Gasteiger partial charge in [-0.15, -0.1) is 0 Å². The summed E-state index contributed by atoms with van der Waals surface area (Å²) in [5.41, 5.74) is 6.84. The number of pyridine rings is 1. The number of aromatic nitrogens is 1. The molecule has 1 aliphatic rings. The highest BCUT2D eigenvalue weighted by Gasteiger charge is 2.28. The van der Waals surface area contributed by atoms with Gasteiger partial charge in [0.2, 0.25) is 0 Å². The topological polar surface area (TPSA) is 100 Å². The number of hydrogen-bond acceptors (Lipinski definition) is 5. The Labute approximate surface area is 113 Å². The van der Waals surface area contributed by atoms with Crippen molar-refractivity contribution in [2.45, 2.75) is 19.5 Å². The third-order valence-corrected chi connectivity index (χ3v) is 5.12. The van der Waals surface area contributed by atoms with E-state index in [0.29, 0.717) is 18.8 Å². The van der Waals surface area contributed by atoms with Gasteiger partial charge in [-0.1, -0.05) is 6.07 Å². The number of amidine groups is 1. The molecule has 1 aliphatic heterocycles. The fourth-order valence-electron chi connectivity index (χ4n) is 2.30. The smallest absolute Gasteiger partial charge is 0.153 e. The lowest BCUT2D eigenvalue weighted by Crippen LogP contribution is -2.46. The van der Waals surface area contributed by atoms with Crippen LogP contribution in [0.3, 0.4) is 0 Å². The van der Waals surface area contributed by atoms with Crippen LogP contribution >= 0.6 is 0 Å². The van der Waals surface area contributed by atoms with E-state index in [0.717, 1.165) is 5.56 Å². The molecule has 1 atom stereocenters. The van der Waals surface area contributed by atoms with Crippen molar-refractivity contribution >= 4 is 15.7 Å². The van der Waals surface area contributed by atoms with Crippen molar-refractivity contribution < 1.29 is 8.42 Å². The molecular weight excluding hydrogens is 264 g/mol. The van der Waals surface area contributed by atoms with E-state index in [1.807, 2.05) is 13.0 Å². The lowest BCUT2D eigenvalue weighted by Gasteiger charge is -2.33. The predicted octanol–water partition coefficient (Wildman–Crippen LogP) is -0.0154. The standard InChI is InChI=1S/C12H18N4O2S/c1-9-8-19(17,18)6-5-16(9)7-10-3-2-4-15-11(10)12(13)14/h2-4,9H,5-8H2,1H3,(H3,13,14). The second kappa shape index (κ2) is 5.26. The van der Waals surface area contributed by atoms with Gasteiger partial charge in [0.25, 0.3) is 0 Å². The van der Waals surface area contributed by atoms with Crippen molar-refractivity contribution in [2.75, 3.05) is 18.1 Å². The third kappa shape index (κ3) is 3.30. The number of nitrogen functional groups attached to an aromatic ring is 1.